The summed E-state index contributed by atoms with van der Waals surface area (Å²) in [5.41, 5.74) is 1.32. The largest absolute Gasteiger partial charge is 0.386 e. The Morgan fingerprint density at radius 1 is 1.25 bits per heavy atom. The van der Waals surface area contributed by atoms with Gasteiger partial charge in [-0.15, -0.1) is 0 Å². The number of aromatic nitrogens is 2. The van der Waals surface area contributed by atoms with Gasteiger partial charge in [-0.25, -0.2) is 0 Å². The molecule has 0 atom stereocenters. The fourth-order valence-corrected chi connectivity index (χ4v) is 2.40. The highest BCUT2D eigenvalue weighted by molar-refractivity contribution is 5.97. The van der Waals surface area contributed by atoms with Gasteiger partial charge in [0, 0.05) is 18.0 Å². The van der Waals surface area contributed by atoms with Gasteiger partial charge in [-0.3, -0.25) is 14.8 Å². The first-order valence-electron chi connectivity index (χ1n) is 6.72. The molecule has 5 nitrogen and oxygen atoms in total. The first-order valence-corrected chi connectivity index (χ1v) is 6.72. The minimum absolute atomic E-state index is 0.0668. The molecule has 1 aromatic heterocycles. The Hall–Kier alpha value is -2.01. The minimum Gasteiger partial charge on any atom is -0.386 e. The fourth-order valence-electron chi connectivity index (χ4n) is 2.40. The molecule has 1 amide bonds. The lowest BCUT2D eigenvalue weighted by Gasteiger charge is -2.49. The van der Waals surface area contributed by atoms with E-state index in [0.29, 0.717) is 24.2 Å². The highest BCUT2D eigenvalue weighted by atomic mass is 16.3. The number of rotatable bonds is 2. The Kier molecular flexibility index (Phi) is 2.94. The molecule has 1 aliphatic heterocycles. The van der Waals surface area contributed by atoms with Gasteiger partial charge in [-0.05, 0) is 24.1 Å². The summed E-state index contributed by atoms with van der Waals surface area (Å²) < 4.78 is 0. The van der Waals surface area contributed by atoms with Gasteiger partial charge in [0.05, 0.1) is 24.1 Å². The molecule has 0 spiro atoms. The molecule has 0 radical (unpaired) electrons. The third-order valence-electron chi connectivity index (χ3n) is 4.01. The van der Waals surface area contributed by atoms with Crippen molar-refractivity contribution in [1.82, 2.24) is 14.9 Å². The Morgan fingerprint density at radius 3 is 2.55 bits per heavy atom. The monoisotopic (exact) mass is 271 g/mol. The molecular formula is C15H17N3O2. The lowest BCUT2D eigenvalue weighted by atomic mass is 9.82. The van der Waals surface area contributed by atoms with Crippen molar-refractivity contribution in [2.24, 2.45) is 5.92 Å². The van der Waals surface area contributed by atoms with Gasteiger partial charge in [0.1, 0.15) is 5.60 Å². The Balaban J connectivity index is 1.80. The van der Waals surface area contributed by atoms with Gasteiger partial charge in [0.15, 0.2) is 0 Å². The topological polar surface area (TPSA) is 66.3 Å². The molecule has 1 N–H and O–H groups in total. The zero-order valence-corrected chi connectivity index (χ0v) is 11.6. The van der Waals surface area contributed by atoms with Gasteiger partial charge < -0.3 is 10.0 Å². The number of β-amino-alcohol motifs (C(OH)–C–C–N with tert-alkyl or cyclic N) is 1. The van der Waals surface area contributed by atoms with E-state index in [9.17, 15) is 9.90 Å². The second-order valence-corrected chi connectivity index (χ2v) is 5.68. The molecule has 0 unspecified atom stereocenters. The third-order valence-corrected chi connectivity index (χ3v) is 4.01. The number of carbonyl (C=O) groups is 1. The Morgan fingerprint density at radius 2 is 1.90 bits per heavy atom. The second-order valence-electron chi connectivity index (χ2n) is 5.68. The number of nitrogens with zero attached hydrogens (tertiary/aromatic N) is 3. The maximum absolute atomic E-state index is 12.3. The summed E-state index contributed by atoms with van der Waals surface area (Å²) in [7, 11) is 0. The highest BCUT2D eigenvalue weighted by Crippen LogP contribution is 2.29. The van der Waals surface area contributed by atoms with Crippen molar-refractivity contribution in [1.29, 1.82) is 0 Å². The van der Waals surface area contributed by atoms with Crippen LogP contribution in [0.3, 0.4) is 0 Å². The summed E-state index contributed by atoms with van der Waals surface area (Å²) >= 11 is 0. The van der Waals surface area contributed by atoms with Gasteiger partial charge >= 0.3 is 0 Å². The lowest BCUT2D eigenvalue weighted by Crippen LogP contribution is -2.65. The van der Waals surface area contributed by atoms with Crippen LogP contribution in [-0.2, 0) is 0 Å². The molecule has 1 saturated heterocycles. The van der Waals surface area contributed by atoms with E-state index in [1.54, 1.807) is 35.5 Å². The third kappa shape index (κ3) is 2.04. The number of hydrogen-bond acceptors (Lipinski definition) is 4. The number of likely N-dealkylation sites (tertiary alicyclic amines) is 1. The van der Waals surface area contributed by atoms with Crippen molar-refractivity contribution in [3.05, 3.63) is 36.2 Å². The van der Waals surface area contributed by atoms with E-state index in [-0.39, 0.29) is 11.8 Å². The molecule has 1 aliphatic rings. The van der Waals surface area contributed by atoms with Crippen LogP contribution < -0.4 is 0 Å². The molecule has 1 aromatic carbocycles. The molecule has 3 rings (SSSR count). The quantitative estimate of drug-likeness (QED) is 0.898. The lowest BCUT2D eigenvalue weighted by molar-refractivity contribution is -0.110. The molecule has 2 aromatic rings. The molecule has 0 bridgehead atoms. The van der Waals surface area contributed by atoms with Crippen LogP contribution in [0.2, 0.25) is 0 Å². The van der Waals surface area contributed by atoms with Crippen LogP contribution in [0.5, 0.6) is 0 Å². The van der Waals surface area contributed by atoms with Crippen LogP contribution >= 0.6 is 0 Å². The van der Waals surface area contributed by atoms with Crippen LogP contribution in [0, 0.1) is 5.92 Å². The van der Waals surface area contributed by atoms with Crippen molar-refractivity contribution >= 4 is 16.9 Å². The van der Waals surface area contributed by atoms with Gasteiger partial charge in [0.2, 0.25) is 0 Å². The van der Waals surface area contributed by atoms with E-state index in [1.807, 2.05) is 13.8 Å². The number of amides is 1. The smallest absolute Gasteiger partial charge is 0.254 e. The van der Waals surface area contributed by atoms with Crippen molar-refractivity contribution < 1.29 is 9.90 Å². The van der Waals surface area contributed by atoms with Crippen LogP contribution in [0.4, 0.5) is 0 Å². The standard InChI is InChI=1S/C15H17N3O2/c1-10(2)15(20)8-18(9-15)14(19)11-3-4-12-13(7-11)17-6-5-16-12/h3-7,10,20H,8-9H2,1-2H3. The zero-order valence-electron chi connectivity index (χ0n) is 11.6. The number of carbonyl (C=O) groups excluding carboxylic acids is 1. The maximum atomic E-state index is 12.3. The number of aliphatic hydroxyl groups is 1. The summed E-state index contributed by atoms with van der Waals surface area (Å²) in [5.74, 6) is 0.0805. The highest BCUT2D eigenvalue weighted by Gasteiger charge is 2.45. The predicted octanol–water partition coefficient (Wildman–Crippen LogP) is 1.47. The minimum atomic E-state index is -0.744. The molecular weight excluding hydrogens is 254 g/mol. The number of fused-ring (bicyclic) bond motifs is 1. The molecule has 2 heterocycles. The van der Waals surface area contributed by atoms with Crippen LogP contribution in [0.15, 0.2) is 30.6 Å². The fraction of sp³-hybridized carbons (Fsp3) is 0.400. The van der Waals surface area contributed by atoms with Crippen molar-refractivity contribution in [3.8, 4) is 0 Å². The summed E-state index contributed by atoms with van der Waals surface area (Å²) in [6.07, 6.45) is 3.24. The van der Waals surface area contributed by atoms with E-state index in [0.717, 1.165) is 5.52 Å². The second kappa shape index (κ2) is 4.52. The van der Waals surface area contributed by atoms with Crippen molar-refractivity contribution in [2.45, 2.75) is 19.4 Å². The van der Waals surface area contributed by atoms with Gasteiger partial charge in [0.25, 0.3) is 5.91 Å². The summed E-state index contributed by atoms with van der Waals surface area (Å²) in [6.45, 7) is 4.71. The van der Waals surface area contributed by atoms with E-state index in [4.69, 9.17) is 0 Å². The summed E-state index contributed by atoms with van der Waals surface area (Å²) in [6, 6.07) is 5.30. The summed E-state index contributed by atoms with van der Waals surface area (Å²) in [4.78, 5) is 22.4. The zero-order chi connectivity index (χ0) is 14.3. The van der Waals surface area contributed by atoms with Gasteiger partial charge in [-0.2, -0.15) is 0 Å². The molecule has 1 fully saturated rings. The van der Waals surface area contributed by atoms with E-state index >= 15 is 0 Å². The molecule has 20 heavy (non-hydrogen) atoms. The van der Waals surface area contributed by atoms with Crippen LogP contribution in [-0.4, -0.2) is 44.6 Å². The van der Waals surface area contributed by atoms with Crippen molar-refractivity contribution in [2.75, 3.05) is 13.1 Å². The molecule has 104 valence electrons. The molecule has 0 aliphatic carbocycles. The normalized spacial score (nSPS) is 17.3. The average molecular weight is 271 g/mol. The Bertz CT molecular complexity index is 663. The van der Waals surface area contributed by atoms with E-state index in [2.05, 4.69) is 9.97 Å². The maximum Gasteiger partial charge on any atom is 0.254 e. The van der Waals surface area contributed by atoms with E-state index < -0.39 is 5.60 Å². The van der Waals surface area contributed by atoms with Crippen LogP contribution in [0.25, 0.3) is 11.0 Å². The average Bonchev–Trinajstić information content (AvgIpc) is 2.42. The van der Waals surface area contributed by atoms with Crippen LogP contribution in [0.1, 0.15) is 24.2 Å². The first kappa shape index (κ1) is 13.0. The molecule has 0 saturated carbocycles. The van der Waals surface area contributed by atoms with E-state index in [1.165, 1.54) is 0 Å². The van der Waals surface area contributed by atoms with Gasteiger partial charge in [-0.1, -0.05) is 13.8 Å². The number of benzene rings is 1. The Labute approximate surface area is 117 Å². The number of hydrogen-bond donors (Lipinski definition) is 1. The summed E-state index contributed by atoms with van der Waals surface area (Å²) in [5, 5.41) is 10.2. The predicted molar refractivity (Wildman–Crippen MR) is 75.2 cm³/mol. The van der Waals surface area contributed by atoms with Crippen molar-refractivity contribution in [3.63, 3.8) is 0 Å². The SMILES string of the molecule is CC(C)C1(O)CN(C(=O)c2ccc3nccnc3c2)C1. The molecule has 5 heteroatoms. The first-order chi connectivity index (χ1) is 9.49.